The smallest absolute Gasteiger partial charge is 0.217 e. The topological polar surface area (TPSA) is 60.2 Å². The summed E-state index contributed by atoms with van der Waals surface area (Å²) in [5.41, 5.74) is 5.14. The molecular formula is C11H17NO2. The Kier molecular flexibility index (Phi) is 3.86. The average molecular weight is 195 g/mol. The molecule has 0 heterocycles. The Hall–Kier alpha value is -1.12. The first-order chi connectivity index (χ1) is 6.63. The molecule has 2 N–H and O–H groups in total. The number of rotatable bonds is 4. The maximum Gasteiger partial charge on any atom is 0.217 e. The Bertz CT molecular complexity index is 258. The minimum absolute atomic E-state index is 0.177. The summed E-state index contributed by atoms with van der Waals surface area (Å²) in [6.07, 6.45) is 6.42. The molecule has 0 aromatic rings. The molecule has 1 aliphatic carbocycles. The van der Waals surface area contributed by atoms with Gasteiger partial charge in [-0.25, -0.2) is 0 Å². The lowest BCUT2D eigenvalue weighted by atomic mass is 9.90. The Balaban J connectivity index is 2.53. The summed E-state index contributed by atoms with van der Waals surface area (Å²) in [5, 5.41) is 0. The predicted octanol–water partition coefficient (Wildman–Crippen LogP) is 1.42. The van der Waals surface area contributed by atoms with E-state index in [2.05, 4.69) is 6.08 Å². The third kappa shape index (κ3) is 2.98. The van der Waals surface area contributed by atoms with Gasteiger partial charge >= 0.3 is 0 Å². The van der Waals surface area contributed by atoms with Gasteiger partial charge in [-0.3, -0.25) is 9.59 Å². The van der Waals surface area contributed by atoms with E-state index in [0.29, 0.717) is 25.2 Å². The molecule has 1 fully saturated rings. The molecule has 0 aromatic heterocycles. The summed E-state index contributed by atoms with van der Waals surface area (Å²) >= 11 is 0. The van der Waals surface area contributed by atoms with E-state index in [1.54, 1.807) is 0 Å². The monoisotopic (exact) mass is 195 g/mol. The Morgan fingerprint density at radius 3 is 2.71 bits per heavy atom. The van der Waals surface area contributed by atoms with Crippen molar-refractivity contribution in [2.45, 2.75) is 32.6 Å². The molecule has 1 amide bonds. The van der Waals surface area contributed by atoms with Gasteiger partial charge in [-0.1, -0.05) is 12.2 Å². The fourth-order valence-electron chi connectivity index (χ4n) is 2.09. The molecule has 2 unspecified atom stereocenters. The van der Waals surface area contributed by atoms with Crippen molar-refractivity contribution in [3.63, 3.8) is 0 Å². The molecule has 0 aromatic carbocycles. The van der Waals surface area contributed by atoms with Crippen LogP contribution in [0, 0.1) is 11.8 Å². The molecule has 0 aliphatic heterocycles. The molecule has 0 spiro atoms. The Morgan fingerprint density at radius 2 is 2.14 bits per heavy atom. The number of allylic oxidation sites excluding steroid dienone is 2. The molecule has 3 nitrogen and oxygen atoms in total. The zero-order valence-corrected chi connectivity index (χ0v) is 8.53. The minimum atomic E-state index is -0.296. The average Bonchev–Trinajstić information content (AvgIpc) is 2.41. The number of ketones is 1. The van der Waals surface area contributed by atoms with Crippen molar-refractivity contribution in [2.24, 2.45) is 17.6 Å². The van der Waals surface area contributed by atoms with Crippen LogP contribution in [0.3, 0.4) is 0 Å². The highest BCUT2D eigenvalue weighted by Crippen LogP contribution is 2.34. The summed E-state index contributed by atoms with van der Waals surface area (Å²) in [6, 6.07) is 0. The number of primary amides is 1. The van der Waals surface area contributed by atoms with Crippen molar-refractivity contribution in [3.8, 4) is 0 Å². The molecule has 2 atom stereocenters. The number of hydrogen-bond donors (Lipinski definition) is 1. The summed E-state index contributed by atoms with van der Waals surface area (Å²) < 4.78 is 0. The Labute approximate surface area is 84.4 Å². The van der Waals surface area contributed by atoms with Crippen LogP contribution in [0.2, 0.25) is 0 Å². The lowest BCUT2D eigenvalue weighted by molar-refractivity contribution is -0.119. The minimum Gasteiger partial charge on any atom is -0.370 e. The molecular weight excluding hydrogens is 178 g/mol. The number of nitrogens with two attached hydrogens (primary N) is 1. The lowest BCUT2D eigenvalue weighted by Crippen LogP contribution is -2.18. The predicted molar refractivity (Wildman–Crippen MR) is 54.5 cm³/mol. The fraction of sp³-hybridized carbons (Fsp3) is 0.636. The second-order valence-corrected chi connectivity index (χ2v) is 3.94. The molecule has 1 saturated carbocycles. The highest BCUT2D eigenvalue weighted by molar-refractivity contribution is 5.83. The first kappa shape index (κ1) is 11.0. The summed E-state index contributed by atoms with van der Waals surface area (Å²) in [6.45, 7) is 1.96. The van der Waals surface area contributed by atoms with Crippen LogP contribution in [-0.2, 0) is 9.59 Å². The van der Waals surface area contributed by atoms with Gasteiger partial charge in [-0.05, 0) is 25.2 Å². The maximum atomic E-state index is 11.2. The van der Waals surface area contributed by atoms with E-state index in [1.807, 2.05) is 13.0 Å². The van der Waals surface area contributed by atoms with Crippen molar-refractivity contribution in [3.05, 3.63) is 12.2 Å². The summed E-state index contributed by atoms with van der Waals surface area (Å²) in [7, 11) is 0. The summed E-state index contributed by atoms with van der Waals surface area (Å²) in [5.74, 6) is 0.475. The quantitative estimate of drug-likeness (QED) is 0.690. The molecule has 78 valence electrons. The molecule has 1 aliphatic rings. The normalized spacial score (nSPS) is 27.4. The molecule has 1 rings (SSSR count). The standard InChI is InChI=1S/C11H17NO2/c1-2-3-4-8-5-10(13)6-9(8)7-11(12)14/h2-3,8-9H,4-7H2,1H3,(H2,12,14)/b3-2-. The van der Waals surface area contributed by atoms with E-state index >= 15 is 0 Å². The molecule has 0 saturated heterocycles. The first-order valence-corrected chi connectivity index (χ1v) is 5.04. The second-order valence-electron chi connectivity index (χ2n) is 3.94. The van der Waals surface area contributed by atoms with Gasteiger partial charge in [0.05, 0.1) is 0 Å². The third-order valence-electron chi connectivity index (χ3n) is 2.78. The number of hydrogen-bond acceptors (Lipinski definition) is 2. The van der Waals surface area contributed by atoms with Gasteiger partial charge in [-0.15, -0.1) is 0 Å². The largest absolute Gasteiger partial charge is 0.370 e. The van der Waals surface area contributed by atoms with E-state index < -0.39 is 0 Å². The highest BCUT2D eigenvalue weighted by Gasteiger charge is 2.32. The number of Topliss-reactive ketones (excluding diaryl/α,β-unsaturated/α-hetero) is 1. The van der Waals surface area contributed by atoms with Crippen LogP contribution in [0.5, 0.6) is 0 Å². The number of amides is 1. The molecule has 0 bridgehead atoms. The first-order valence-electron chi connectivity index (χ1n) is 5.04. The number of carbonyl (C=O) groups is 2. The van der Waals surface area contributed by atoms with Crippen molar-refractivity contribution in [1.29, 1.82) is 0 Å². The van der Waals surface area contributed by atoms with Gasteiger partial charge in [0.25, 0.3) is 0 Å². The fourth-order valence-corrected chi connectivity index (χ4v) is 2.09. The Morgan fingerprint density at radius 1 is 1.50 bits per heavy atom. The third-order valence-corrected chi connectivity index (χ3v) is 2.78. The van der Waals surface area contributed by atoms with E-state index in [1.165, 1.54) is 0 Å². The van der Waals surface area contributed by atoms with Crippen molar-refractivity contribution in [2.75, 3.05) is 0 Å². The highest BCUT2D eigenvalue weighted by atomic mass is 16.1. The van der Waals surface area contributed by atoms with E-state index in [0.717, 1.165) is 6.42 Å². The van der Waals surface area contributed by atoms with Gasteiger partial charge < -0.3 is 5.73 Å². The molecule has 14 heavy (non-hydrogen) atoms. The SMILES string of the molecule is C/C=C\CC1CC(=O)CC1CC(N)=O. The molecule has 0 radical (unpaired) electrons. The van der Waals surface area contributed by atoms with Crippen molar-refractivity contribution in [1.82, 2.24) is 0 Å². The van der Waals surface area contributed by atoms with E-state index in [-0.39, 0.29) is 17.6 Å². The van der Waals surface area contributed by atoms with Crippen LogP contribution >= 0.6 is 0 Å². The van der Waals surface area contributed by atoms with E-state index in [4.69, 9.17) is 5.73 Å². The van der Waals surface area contributed by atoms with Crippen molar-refractivity contribution < 1.29 is 9.59 Å². The van der Waals surface area contributed by atoms with Crippen LogP contribution in [-0.4, -0.2) is 11.7 Å². The van der Waals surface area contributed by atoms with Crippen molar-refractivity contribution >= 4 is 11.7 Å². The summed E-state index contributed by atoms with van der Waals surface area (Å²) in [4.78, 5) is 22.0. The molecule has 3 heteroatoms. The van der Waals surface area contributed by atoms with Crippen LogP contribution in [0.1, 0.15) is 32.6 Å². The van der Waals surface area contributed by atoms with Crippen LogP contribution in [0.15, 0.2) is 12.2 Å². The maximum absolute atomic E-state index is 11.2. The van der Waals surface area contributed by atoms with Crippen LogP contribution in [0.4, 0.5) is 0 Å². The number of carbonyl (C=O) groups excluding carboxylic acids is 2. The second kappa shape index (κ2) is 4.94. The lowest BCUT2D eigenvalue weighted by Gasteiger charge is -2.14. The van der Waals surface area contributed by atoms with Gasteiger partial charge in [0.1, 0.15) is 5.78 Å². The van der Waals surface area contributed by atoms with Crippen LogP contribution < -0.4 is 5.73 Å². The zero-order valence-electron chi connectivity index (χ0n) is 8.53. The van der Waals surface area contributed by atoms with Gasteiger partial charge in [-0.2, -0.15) is 0 Å². The van der Waals surface area contributed by atoms with E-state index in [9.17, 15) is 9.59 Å². The van der Waals surface area contributed by atoms with Gasteiger partial charge in [0.15, 0.2) is 0 Å². The van der Waals surface area contributed by atoms with Gasteiger partial charge in [0.2, 0.25) is 5.91 Å². The van der Waals surface area contributed by atoms with Gasteiger partial charge in [0, 0.05) is 19.3 Å². The van der Waals surface area contributed by atoms with Crippen LogP contribution in [0.25, 0.3) is 0 Å². The zero-order chi connectivity index (χ0) is 10.6.